The number of pyridine rings is 1. The molecule has 0 fully saturated rings. The van der Waals surface area contributed by atoms with Crippen LogP contribution < -0.4 is 5.32 Å². The lowest BCUT2D eigenvalue weighted by Crippen LogP contribution is -2.28. The van der Waals surface area contributed by atoms with Crippen LogP contribution >= 0.6 is 0 Å². The number of carbonyl (C=O) groups is 1. The number of aliphatic hydroxyl groups excluding tert-OH is 1. The summed E-state index contributed by atoms with van der Waals surface area (Å²) in [4.78, 5) is 15.9. The van der Waals surface area contributed by atoms with Gasteiger partial charge in [0.25, 0.3) is 0 Å². The summed E-state index contributed by atoms with van der Waals surface area (Å²) in [7, 11) is 0. The topological polar surface area (TPSA) is 90.9 Å². The normalized spacial score (nSPS) is 10.3. The van der Waals surface area contributed by atoms with Crippen molar-refractivity contribution >= 4 is 16.9 Å². The van der Waals surface area contributed by atoms with E-state index in [-0.39, 0.29) is 25.5 Å². The van der Waals surface area contributed by atoms with Crippen molar-refractivity contribution in [2.24, 2.45) is 0 Å². The van der Waals surface area contributed by atoms with Crippen LogP contribution in [0.15, 0.2) is 24.5 Å². The Hall–Kier alpha value is -2.39. The van der Waals surface area contributed by atoms with E-state index in [0.717, 1.165) is 10.9 Å². The molecule has 6 heteroatoms. The van der Waals surface area contributed by atoms with Crippen LogP contribution in [0, 0.1) is 11.3 Å². The van der Waals surface area contributed by atoms with Crippen molar-refractivity contribution in [1.29, 1.82) is 5.26 Å². The predicted molar refractivity (Wildman–Crippen MR) is 68.9 cm³/mol. The highest BCUT2D eigenvalue weighted by molar-refractivity contribution is 5.83. The summed E-state index contributed by atoms with van der Waals surface area (Å²) in [5.74, 6) is -0.178. The van der Waals surface area contributed by atoms with Crippen LogP contribution in [0.2, 0.25) is 0 Å². The summed E-state index contributed by atoms with van der Waals surface area (Å²) in [6, 6.07) is 5.61. The van der Waals surface area contributed by atoms with Gasteiger partial charge in [-0.2, -0.15) is 5.26 Å². The molecule has 0 radical (unpaired) electrons. The summed E-state index contributed by atoms with van der Waals surface area (Å²) in [5.41, 5.74) is 1.41. The Balaban J connectivity index is 2.17. The standard InChI is InChI=1S/C13H14N4O2/c14-4-2-6-15-12(19)8-17-7-10(9-18)11-3-1-5-16-13(11)17/h1,3,5,7,18H,2,6,8-9H2,(H,15,19). The van der Waals surface area contributed by atoms with E-state index in [1.165, 1.54) is 0 Å². The zero-order chi connectivity index (χ0) is 13.7. The molecule has 19 heavy (non-hydrogen) atoms. The zero-order valence-corrected chi connectivity index (χ0v) is 10.3. The molecule has 0 atom stereocenters. The predicted octanol–water partition coefficient (Wildman–Crippen LogP) is 0.558. The highest BCUT2D eigenvalue weighted by Gasteiger charge is 2.10. The fraction of sp³-hybridized carbons (Fsp3) is 0.308. The van der Waals surface area contributed by atoms with Crippen molar-refractivity contribution in [3.63, 3.8) is 0 Å². The van der Waals surface area contributed by atoms with Crippen LogP contribution in [-0.2, 0) is 17.9 Å². The van der Waals surface area contributed by atoms with Gasteiger partial charge in [-0.1, -0.05) is 0 Å². The Morgan fingerprint density at radius 2 is 2.42 bits per heavy atom. The SMILES string of the molecule is N#CCCNC(=O)Cn1cc(CO)c2cccnc21. The van der Waals surface area contributed by atoms with Gasteiger partial charge in [0, 0.05) is 29.9 Å². The molecule has 0 aliphatic carbocycles. The van der Waals surface area contributed by atoms with E-state index in [1.54, 1.807) is 23.0 Å². The number of nitriles is 1. The second-order valence-corrected chi connectivity index (χ2v) is 4.07. The first-order valence-electron chi connectivity index (χ1n) is 5.93. The number of amides is 1. The summed E-state index contributed by atoms with van der Waals surface area (Å²) in [6.07, 6.45) is 3.66. The smallest absolute Gasteiger partial charge is 0.240 e. The molecule has 0 aromatic carbocycles. The van der Waals surface area contributed by atoms with Gasteiger partial charge in [0.2, 0.25) is 5.91 Å². The van der Waals surface area contributed by atoms with E-state index < -0.39 is 0 Å². The second-order valence-electron chi connectivity index (χ2n) is 4.07. The second kappa shape index (κ2) is 5.98. The fourth-order valence-corrected chi connectivity index (χ4v) is 1.91. The summed E-state index contributed by atoms with van der Waals surface area (Å²) in [5, 5.41) is 21.2. The average Bonchev–Trinajstić information content (AvgIpc) is 2.77. The third-order valence-electron chi connectivity index (χ3n) is 2.76. The van der Waals surface area contributed by atoms with Crippen LogP contribution in [0.5, 0.6) is 0 Å². The highest BCUT2D eigenvalue weighted by atomic mass is 16.3. The van der Waals surface area contributed by atoms with Crippen LogP contribution in [-0.4, -0.2) is 27.1 Å². The Kier molecular flexibility index (Phi) is 4.11. The average molecular weight is 258 g/mol. The van der Waals surface area contributed by atoms with E-state index in [4.69, 9.17) is 5.26 Å². The molecule has 0 saturated carbocycles. The maximum Gasteiger partial charge on any atom is 0.240 e. The first-order chi connectivity index (χ1) is 9.26. The third kappa shape index (κ3) is 2.89. The van der Waals surface area contributed by atoms with E-state index in [9.17, 15) is 9.90 Å². The van der Waals surface area contributed by atoms with Crippen LogP contribution in [0.3, 0.4) is 0 Å². The summed E-state index contributed by atoms with van der Waals surface area (Å²) >= 11 is 0. The lowest BCUT2D eigenvalue weighted by molar-refractivity contribution is -0.121. The summed E-state index contributed by atoms with van der Waals surface area (Å²) < 4.78 is 1.70. The maximum atomic E-state index is 11.7. The molecule has 2 heterocycles. The molecule has 2 rings (SSSR count). The maximum absolute atomic E-state index is 11.7. The minimum atomic E-state index is -0.178. The highest BCUT2D eigenvalue weighted by Crippen LogP contribution is 2.18. The van der Waals surface area contributed by atoms with Gasteiger partial charge in [0.05, 0.1) is 19.1 Å². The van der Waals surface area contributed by atoms with Crippen molar-refractivity contribution in [3.8, 4) is 6.07 Å². The molecule has 0 spiro atoms. The Bertz CT molecular complexity index is 627. The van der Waals surface area contributed by atoms with Crippen molar-refractivity contribution in [2.75, 3.05) is 6.54 Å². The molecule has 98 valence electrons. The number of rotatable bonds is 5. The molecule has 0 aliphatic heterocycles. The Morgan fingerprint density at radius 3 is 3.16 bits per heavy atom. The van der Waals surface area contributed by atoms with Gasteiger partial charge in [0.15, 0.2) is 0 Å². The number of hydrogen-bond donors (Lipinski definition) is 2. The lowest BCUT2D eigenvalue weighted by Gasteiger charge is -2.05. The molecular weight excluding hydrogens is 244 g/mol. The minimum Gasteiger partial charge on any atom is -0.392 e. The monoisotopic (exact) mass is 258 g/mol. The molecule has 0 aliphatic rings. The van der Waals surface area contributed by atoms with E-state index in [0.29, 0.717) is 12.2 Å². The largest absolute Gasteiger partial charge is 0.392 e. The molecule has 2 aromatic heterocycles. The number of fused-ring (bicyclic) bond motifs is 1. The number of carbonyl (C=O) groups excluding carboxylic acids is 1. The first kappa shape index (κ1) is 13.1. The van der Waals surface area contributed by atoms with E-state index >= 15 is 0 Å². The molecule has 0 saturated heterocycles. The molecule has 1 amide bonds. The molecular formula is C13H14N4O2. The fourth-order valence-electron chi connectivity index (χ4n) is 1.91. The lowest BCUT2D eigenvalue weighted by atomic mass is 10.2. The van der Waals surface area contributed by atoms with Gasteiger partial charge < -0.3 is 15.0 Å². The van der Waals surface area contributed by atoms with Gasteiger partial charge in [0.1, 0.15) is 12.2 Å². The van der Waals surface area contributed by atoms with Crippen molar-refractivity contribution in [3.05, 3.63) is 30.1 Å². The van der Waals surface area contributed by atoms with Crippen LogP contribution in [0.1, 0.15) is 12.0 Å². The van der Waals surface area contributed by atoms with Gasteiger partial charge in [-0.25, -0.2) is 4.98 Å². The number of aromatic nitrogens is 2. The Labute approximate surface area is 110 Å². The molecule has 2 aromatic rings. The van der Waals surface area contributed by atoms with Crippen LogP contribution in [0.25, 0.3) is 11.0 Å². The molecule has 0 unspecified atom stereocenters. The van der Waals surface area contributed by atoms with Crippen LogP contribution in [0.4, 0.5) is 0 Å². The number of aliphatic hydroxyl groups is 1. The minimum absolute atomic E-state index is 0.0920. The number of nitrogens with zero attached hydrogens (tertiary/aromatic N) is 3. The van der Waals surface area contributed by atoms with Crippen molar-refractivity contribution < 1.29 is 9.90 Å². The van der Waals surface area contributed by atoms with Crippen molar-refractivity contribution in [1.82, 2.24) is 14.9 Å². The summed E-state index contributed by atoms with van der Waals surface area (Å²) in [6.45, 7) is 0.374. The molecule has 0 bridgehead atoms. The quantitative estimate of drug-likeness (QED) is 0.766. The van der Waals surface area contributed by atoms with Gasteiger partial charge in [-0.3, -0.25) is 4.79 Å². The van der Waals surface area contributed by atoms with Gasteiger partial charge in [-0.15, -0.1) is 0 Å². The molecule has 2 N–H and O–H groups in total. The van der Waals surface area contributed by atoms with Gasteiger partial charge >= 0.3 is 0 Å². The third-order valence-corrected chi connectivity index (χ3v) is 2.76. The zero-order valence-electron chi connectivity index (χ0n) is 10.3. The first-order valence-corrected chi connectivity index (χ1v) is 5.93. The van der Waals surface area contributed by atoms with Gasteiger partial charge in [-0.05, 0) is 12.1 Å². The van der Waals surface area contributed by atoms with Crippen molar-refractivity contribution in [2.45, 2.75) is 19.6 Å². The number of nitrogens with one attached hydrogen (secondary N) is 1. The van der Waals surface area contributed by atoms with E-state index in [2.05, 4.69) is 10.3 Å². The number of hydrogen-bond acceptors (Lipinski definition) is 4. The Morgan fingerprint density at radius 1 is 1.58 bits per heavy atom. The van der Waals surface area contributed by atoms with E-state index in [1.807, 2.05) is 12.1 Å². The molecule has 6 nitrogen and oxygen atoms in total.